The number of ether oxygens (including phenoxy) is 2. The second kappa shape index (κ2) is 7.47. The van der Waals surface area contributed by atoms with E-state index in [1.165, 1.54) is 0 Å². The molecule has 2 aromatic rings. The van der Waals surface area contributed by atoms with E-state index in [0.29, 0.717) is 13.2 Å². The van der Waals surface area contributed by atoms with E-state index in [1.807, 2.05) is 48.5 Å². The summed E-state index contributed by atoms with van der Waals surface area (Å²) in [6.07, 6.45) is 3.90. The van der Waals surface area contributed by atoms with E-state index in [-0.39, 0.29) is 12.3 Å². The number of rotatable bonds is 5. The number of carbonyl (C=O) groups is 1. The summed E-state index contributed by atoms with van der Waals surface area (Å²) in [5.74, 6) is 1.34. The Bertz CT molecular complexity index is 841. The van der Waals surface area contributed by atoms with Gasteiger partial charge in [0, 0.05) is 0 Å². The quantitative estimate of drug-likeness (QED) is 0.830. The molecule has 2 aliphatic rings. The molecule has 1 atom stereocenters. The fraction of sp³-hybridized carbons (Fsp3) is 0.435. The first-order valence-electron chi connectivity index (χ1n) is 9.98. The number of nitrogens with one attached hydrogen (secondary N) is 1. The zero-order valence-electron chi connectivity index (χ0n) is 16.2. The summed E-state index contributed by atoms with van der Waals surface area (Å²) in [4.78, 5) is 12.9. The third-order valence-electron chi connectivity index (χ3n) is 5.83. The molecule has 148 valence electrons. The van der Waals surface area contributed by atoms with E-state index >= 15 is 0 Å². The van der Waals surface area contributed by atoms with Crippen LogP contribution < -0.4 is 14.8 Å². The van der Waals surface area contributed by atoms with Gasteiger partial charge in [-0.1, -0.05) is 49.2 Å². The van der Waals surface area contributed by atoms with Crippen LogP contribution >= 0.6 is 0 Å². The zero-order valence-corrected chi connectivity index (χ0v) is 16.2. The predicted molar refractivity (Wildman–Crippen MR) is 106 cm³/mol. The summed E-state index contributed by atoms with van der Waals surface area (Å²) in [5, 5.41) is 14.1. The lowest BCUT2D eigenvalue weighted by atomic mass is 9.86. The van der Waals surface area contributed by atoms with Crippen molar-refractivity contribution in [1.29, 1.82) is 0 Å². The fourth-order valence-electron chi connectivity index (χ4n) is 4.33. The SMILES string of the molecule is CC(O)(CC(=O)NC1(c2ccc3c(c2)OCCO3)CCCC1)c1ccccc1. The normalized spacial score (nSPS) is 19.6. The number of hydrogen-bond acceptors (Lipinski definition) is 4. The highest BCUT2D eigenvalue weighted by molar-refractivity contribution is 5.78. The van der Waals surface area contributed by atoms with Crippen LogP contribution in [-0.4, -0.2) is 24.2 Å². The number of amides is 1. The third-order valence-corrected chi connectivity index (χ3v) is 5.83. The molecule has 0 spiro atoms. The standard InChI is InChI=1S/C23H27NO4/c1-22(26,17-7-3-2-4-8-17)16-21(25)24-23(11-5-6-12-23)18-9-10-19-20(15-18)28-14-13-27-19/h2-4,7-10,15,26H,5-6,11-14,16H2,1H3,(H,24,25). The Morgan fingerprint density at radius 3 is 2.46 bits per heavy atom. The van der Waals surface area contributed by atoms with Gasteiger partial charge in [-0.05, 0) is 43.0 Å². The topological polar surface area (TPSA) is 67.8 Å². The highest BCUT2D eigenvalue weighted by atomic mass is 16.6. The molecule has 2 aromatic carbocycles. The molecule has 0 radical (unpaired) electrons. The van der Waals surface area contributed by atoms with Crippen molar-refractivity contribution in [2.45, 2.75) is 50.2 Å². The monoisotopic (exact) mass is 381 g/mol. The molecule has 1 unspecified atom stereocenters. The first kappa shape index (κ1) is 18.8. The van der Waals surface area contributed by atoms with Gasteiger partial charge in [0.25, 0.3) is 0 Å². The van der Waals surface area contributed by atoms with Crippen molar-refractivity contribution in [1.82, 2.24) is 5.32 Å². The molecule has 5 nitrogen and oxygen atoms in total. The summed E-state index contributed by atoms with van der Waals surface area (Å²) in [5.41, 5.74) is 0.157. The van der Waals surface area contributed by atoms with E-state index < -0.39 is 11.1 Å². The van der Waals surface area contributed by atoms with E-state index in [0.717, 1.165) is 48.3 Å². The minimum absolute atomic E-state index is 0.0172. The molecule has 1 heterocycles. The predicted octanol–water partition coefficient (Wildman–Crippen LogP) is 3.64. The van der Waals surface area contributed by atoms with Gasteiger partial charge in [-0.25, -0.2) is 0 Å². The lowest BCUT2D eigenvalue weighted by Crippen LogP contribution is -2.45. The van der Waals surface area contributed by atoms with Crippen LogP contribution in [-0.2, 0) is 15.9 Å². The molecule has 0 bridgehead atoms. The van der Waals surface area contributed by atoms with Crippen LogP contribution in [0.5, 0.6) is 11.5 Å². The maximum atomic E-state index is 12.9. The van der Waals surface area contributed by atoms with Crippen LogP contribution in [0, 0.1) is 0 Å². The molecule has 1 fully saturated rings. The van der Waals surface area contributed by atoms with Crippen LogP contribution in [0.15, 0.2) is 48.5 Å². The van der Waals surface area contributed by atoms with Crippen LogP contribution in [0.1, 0.15) is 50.2 Å². The summed E-state index contributed by atoms with van der Waals surface area (Å²) in [6.45, 7) is 2.78. The van der Waals surface area contributed by atoms with E-state index in [4.69, 9.17) is 9.47 Å². The molecule has 4 rings (SSSR count). The van der Waals surface area contributed by atoms with E-state index in [2.05, 4.69) is 5.32 Å². The highest BCUT2D eigenvalue weighted by Gasteiger charge is 2.39. The average Bonchev–Trinajstić information content (AvgIpc) is 3.17. The average molecular weight is 381 g/mol. The molecule has 28 heavy (non-hydrogen) atoms. The number of carbonyl (C=O) groups excluding carboxylic acids is 1. The van der Waals surface area contributed by atoms with Gasteiger partial charge in [0.1, 0.15) is 13.2 Å². The fourth-order valence-corrected chi connectivity index (χ4v) is 4.33. The highest BCUT2D eigenvalue weighted by Crippen LogP contribution is 2.42. The van der Waals surface area contributed by atoms with Crippen molar-refractivity contribution in [2.24, 2.45) is 0 Å². The molecule has 0 aromatic heterocycles. The first-order chi connectivity index (χ1) is 13.5. The van der Waals surface area contributed by atoms with Gasteiger partial charge in [-0.3, -0.25) is 4.79 Å². The maximum Gasteiger partial charge on any atom is 0.223 e. The maximum absolute atomic E-state index is 12.9. The van der Waals surface area contributed by atoms with Gasteiger partial charge in [0.05, 0.1) is 17.6 Å². The van der Waals surface area contributed by atoms with Crippen molar-refractivity contribution < 1.29 is 19.4 Å². The third kappa shape index (κ3) is 3.72. The Morgan fingerprint density at radius 1 is 1.07 bits per heavy atom. The van der Waals surface area contributed by atoms with Crippen LogP contribution in [0.25, 0.3) is 0 Å². The Balaban J connectivity index is 1.54. The van der Waals surface area contributed by atoms with Crippen molar-refractivity contribution in [2.75, 3.05) is 13.2 Å². The number of hydrogen-bond donors (Lipinski definition) is 2. The number of fused-ring (bicyclic) bond motifs is 1. The van der Waals surface area contributed by atoms with Gasteiger partial charge < -0.3 is 19.9 Å². The van der Waals surface area contributed by atoms with Gasteiger partial charge in [-0.15, -0.1) is 0 Å². The molecular weight excluding hydrogens is 354 g/mol. The molecule has 1 amide bonds. The molecule has 1 aliphatic carbocycles. The molecule has 1 saturated carbocycles. The Morgan fingerprint density at radius 2 is 1.75 bits per heavy atom. The van der Waals surface area contributed by atoms with E-state index in [9.17, 15) is 9.90 Å². The lowest BCUT2D eigenvalue weighted by molar-refractivity contribution is -0.128. The second-order valence-corrected chi connectivity index (χ2v) is 8.01. The molecular formula is C23H27NO4. The smallest absolute Gasteiger partial charge is 0.223 e. The molecule has 1 aliphatic heterocycles. The van der Waals surface area contributed by atoms with E-state index in [1.54, 1.807) is 6.92 Å². The van der Waals surface area contributed by atoms with Crippen molar-refractivity contribution in [3.63, 3.8) is 0 Å². The van der Waals surface area contributed by atoms with Gasteiger partial charge in [0.15, 0.2) is 11.5 Å². The minimum atomic E-state index is -1.21. The summed E-state index contributed by atoms with van der Waals surface area (Å²) >= 11 is 0. The largest absolute Gasteiger partial charge is 0.486 e. The zero-order chi connectivity index (χ0) is 19.6. The summed E-state index contributed by atoms with van der Waals surface area (Å²) in [7, 11) is 0. The molecule has 5 heteroatoms. The molecule has 2 N–H and O–H groups in total. The minimum Gasteiger partial charge on any atom is -0.486 e. The van der Waals surface area contributed by atoms with Gasteiger partial charge in [-0.2, -0.15) is 0 Å². The number of benzene rings is 2. The number of aliphatic hydroxyl groups is 1. The molecule has 0 saturated heterocycles. The Kier molecular flexibility index (Phi) is 5.02. The Labute approximate surface area is 165 Å². The van der Waals surface area contributed by atoms with Crippen LogP contribution in [0.2, 0.25) is 0 Å². The second-order valence-electron chi connectivity index (χ2n) is 8.01. The Hall–Kier alpha value is -2.53. The van der Waals surface area contributed by atoms with Gasteiger partial charge >= 0.3 is 0 Å². The summed E-state index contributed by atoms with van der Waals surface area (Å²) < 4.78 is 11.4. The lowest BCUT2D eigenvalue weighted by Gasteiger charge is -2.33. The van der Waals surface area contributed by atoms with Crippen molar-refractivity contribution in [3.05, 3.63) is 59.7 Å². The van der Waals surface area contributed by atoms with Crippen molar-refractivity contribution >= 4 is 5.91 Å². The summed E-state index contributed by atoms with van der Waals surface area (Å²) in [6, 6.07) is 15.3. The first-order valence-corrected chi connectivity index (χ1v) is 9.98. The van der Waals surface area contributed by atoms with Crippen LogP contribution in [0.3, 0.4) is 0 Å². The van der Waals surface area contributed by atoms with Gasteiger partial charge in [0.2, 0.25) is 5.91 Å². The van der Waals surface area contributed by atoms with Crippen molar-refractivity contribution in [3.8, 4) is 11.5 Å². The van der Waals surface area contributed by atoms with Crippen LogP contribution in [0.4, 0.5) is 0 Å².